The molecule has 1 aliphatic carbocycles. The Kier molecular flexibility index (Phi) is 32.8. The standard InChI is InChI=1S/C76H100N8O22/c1-3-61-62-43-58(85)19-20-66(62)79-71-63(61)47-83-67(71)44-65-64(73(83)92)51-104-74(93)76(65,4-2)106-75(94)105-48-53-12-16-56(17-13-53)78-72(91)55(8-5-6-24-77)42-60(87)50-103-49-59(86)9-7-26-95-28-30-97-32-34-99-36-38-101-40-41-102-39-37-100-35-33-98-31-29-96-27-25-82-46-57(80-81-82)18-21-68(88)54-14-10-52(11-15-54)45-84-69(89)22-23-70(84)90/h12-13,16-17,19-20,22-23,43-44,46,52,54-55,85H,3-11,14-15,18,21,24-42,45,47-51,77H2,1-2H3,(H,78,91). The maximum absolute atomic E-state index is 14.1. The van der Waals surface area contributed by atoms with E-state index in [-0.39, 0.29) is 116 Å². The number of carbonyl (C=O) groups is 8. The summed E-state index contributed by atoms with van der Waals surface area (Å²) in [7, 11) is 0. The number of carbonyl (C=O) groups excluding carboxylic acids is 8. The number of imide groups is 1. The number of benzene rings is 2. The van der Waals surface area contributed by atoms with Crippen molar-refractivity contribution in [2.75, 3.05) is 137 Å². The Bertz CT molecular complexity index is 3830. The number of aromatic hydroxyl groups is 1. The normalized spacial score (nSPS) is 17.0. The predicted molar refractivity (Wildman–Crippen MR) is 382 cm³/mol. The second-order valence-electron chi connectivity index (χ2n) is 26.4. The first-order valence-electron chi connectivity index (χ1n) is 36.8. The molecule has 1 fully saturated rings. The molecule has 106 heavy (non-hydrogen) atoms. The van der Waals surface area contributed by atoms with Gasteiger partial charge in [-0.3, -0.25) is 38.5 Å². The number of phenolic OH excluding ortho intramolecular Hbond substituents is 1. The highest BCUT2D eigenvalue weighted by Gasteiger charge is 2.51. The average molecular weight is 1480 g/mol. The second kappa shape index (κ2) is 42.7. The summed E-state index contributed by atoms with van der Waals surface area (Å²) in [5.41, 5.74) is 8.79. The van der Waals surface area contributed by atoms with Crippen molar-refractivity contribution >= 4 is 63.8 Å². The lowest BCUT2D eigenvalue weighted by Crippen LogP contribution is -2.47. The van der Waals surface area contributed by atoms with Crippen LogP contribution in [0, 0.1) is 17.8 Å². The van der Waals surface area contributed by atoms with E-state index in [4.69, 9.17) is 67.6 Å². The largest absolute Gasteiger partial charge is 0.510 e. The number of amides is 3. The molecule has 30 nitrogen and oxygen atoms in total. The van der Waals surface area contributed by atoms with Gasteiger partial charge in [-0.05, 0) is 118 Å². The minimum atomic E-state index is -2.00. The second-order valence-corrected chi connectivity index (χ2v) is 26.4. The van der Waals surface area contributed by atoms with Gasteiger partial charge in [0, 0.05) is 91.2 Å². The molecule has 0 saturated heterocycles. The molecule has 4 N–H and O–H groups in total. The van der Waals surface area contributed by atoms with Gasteiger partial charge in [-0.15, -0.1) is 5.10 Å². The summed E-state index contributed by atoms with van der Waals surface area (Å²) < 4.78 is 70.1. The summed E-state index contributed by atoms with van der Waals surface area (Å²) in [4.78, 5) is 123. The van der Waals surface area contributed by atoms with E-state index in [0.717, 1.165) is 47.9 Å². The maximum atomic E-state index is 14.1. The molecular formula is C76H100N8O22. The topological polar surface area (TPSA) is 374 Å². The zero-order chi connectivity index (χ0) is 75.1. The fourth-order valence-corrected chi connectivity index (χ4v) is 13.2. The number of ether oxygens (including phenoxy) is 12. The van der Waals surface area contributed by atoms with E-state index in [2.05, 4.69) is 15.6 Å². The van der Waals surface area contributed by atoms with Gasteiger partial charge >= 0.3 is 12.1 Å². The van der Waals surface area contributed by atoms with Crippen LogP contribution in [0.15, 0.2) is 71.7 Å². The van der Waals surface area contributed by atoms with Crippen LogP contribution in [0.2, 0.25) is 0 Å². The lowest BCUT2D eigenvalue weighted by atomic mass is 9.79. The van der Waals surface area contributed by atoms with Gasteiger partial charge in [0.1, 0.15) is 38.0 Å². The van der Waals surface area contributed by atoms with Crippen molar-refractivity contribution in [2.24, 2.45) is 23.5 Å². The molecule has 4 aliphatic rings. The summed E-state index contributed by atoms with van der Waals surface area (Å²) in [6, 6.07) is 13.1. The van der Waals surface area contributed by atoms with E-state index >= 15 is 0 Å². The number of cyclic esters (lactones) is 1. The lowest BCUT2D eigenvalue weighted by molar-refractivity contribution is -0.175. The van der Waals surface area contributed by atoms with Crippen LogP contribution in [-0.2, 0) is 135 Å². The Balaban J connectivity index is 0.528. The summed E-state index contributed by atoms with van der Waals surface area (Å²) in [5.74, 6) is -2.41. The summed E-state index contributed by atoms with van der Waals surface area (Å²) in [5, 5.41) is 22.2. The van der Waals surface area contributed by atoms with Gasteiger partial charge in [0.05, 0.1) is 140 Å². The number of rotatable bonds is 51. The van der Waals surface area contributed by atoms with Gasteiger partial charge in [0.15, 0.2) is 11.6 Å². The van der Waals surface area contributed by atoms with Crippen molar-refractivity contribution in [2.45, 2.75) is 136 Å². The number of aromatic nitrogens is 5. The highest BCUT2D eigenvalue weighted by molar-refractivity contribution is 6.13. The monoisotopic (exact) mass is 1480 g/mol. The van der Waals surface area contributed by atoms with Crippen molar-refractivity contribution in [3.05, 3.63) is 111 Å². The lowest BCUT2D eigenvalue weighted by Gasteiger charge is -2.35. The smallest absolute Gasteiger partial charge is 0.508 e. The number of pyridine rings is 2. The molecule has 9 rings (SSSR count). The first-order chi connectivity index (χ1) is 51.6. The fourth-order valence-electron chi connectivity index (χ4n) is 13.2. The molecule has 5 aromatic rings. The number of hydrogen-bond acceptors (Lipinski definition) is 26. The van der Waals surface area contributed by atoms with Gasteiger partial charge in [-0.2, -0.15) is 0 Å². The van der Waals surface area contributed by atoms with Gasteiger partial charge in [-0.25, -0.2) is 19.3 Å². The number of anilines is 1. The van der Waals surface area contributed by atoms with Crippen LogP contribution in [0.5, 0.6) is 5.75 Å². The van der Waals surface area contributed by atoms with E-state index in [0.29, 0.717) is 198 Å². The number of esters is 1. The van der Waals surface area contributed by atoms with Crippen molar-refractivity contribution in [3.8, 4) is 17.1 Å². The number of fused-ring (bicyclic) bond motifs is 5. The van der Waals surface area contributed by atoms with E-state index in [1.165, 1.54) is 17.1 Å². The number of ketones is 3. The highest BCUT2D eigenvalue weighted by Crippen LogP contribution is 2.43. The third-order valence-corrected chi connectivity index (χ3v) is 19.0. The molecule has 3 aromatic heterocycles. The Morgan fingerprint density at radius 3 is 1.95 bits per heavy atom. The molecule has 576 valence electrons. The molecule has 3 amide bonds. The zero-order valence-corrected chi connectivity index (χ0v) is 60.7. The van der Waals surface area contributed by atoms with E-state index in [1.807, 2.05) is 13.1 Å². The summed E-state index contributed by atoms with van der Waals surface area (Å²) in [6.07, 6.45) is 10.2. The third kappa shape index (κ3) is 24.0. The Morgan fingerprint density at radius 2 is 1.33 bits per heavy atom. The minimum absolute atomic E-state index is 0.00353. The number of nitrogens with one attached hydrogen (secondary N) is 1. The highest BCUT2D eigenvalue weighted by atomic mass is 16.7. The van der Waals surface area contributed by atoms with Crippen molar-refractivity contribution in [3.63, 3.8) is 0 Å². The summed E-state index contributed by atoms with van der Waals surface area (Å²) in [6.45, 7) is 10.5. The first kappa shape index (κ1) is 81.5. The van der Waals surface area contributed by atoms with Gasteiger partial charge in [-0.1, -0.05) is 37.6 Å². The zero-order valence-electron chi connectivity index (χ0n) is 60.7. The number of Topliss-reactive ketones (excluding diaryl/α,β-unsaturated/α-hetero) is 3. The predicted octanol–water partition coefficient (Wildman–Crippen LogP) is 6.38. The molecule has 1 saturated carbocycles. The van der Waals surface area contributed by atoms with Crippen molar-refractivity contribution in [1.82, 2.24) is 29.4 Å². The van der Waals surface area contributed by atoms with Crippen LogP contribution in [0.1, 0.15) is 124 Å². The van der Waals surface area contributed by atoms with Crippen LogP contribution in [0.3, 0.4) is 0 Å². The molecule has 0 radical (unpaired) electrons. The van der Waals surface area contributed by atoms with Crippen LogP contribution in [0.25, 0.3) is 22.3 Å². The average Bonchev–Trinajstić information content (AvgIpc) is 1.49. The number of hydrogen-bond donors (Lipinski definition) is 3. The molecule has 0 bridgehead atoms. The quantitative estimate of drug-likeness (QED) is 0.0212. The van der Waals surface area contributed by atoms with Crippen LogP contribution in [-0.4, -0.2) is 214 Å². The molecule has 2 aromatic carbocycles. The number of unbranched alkanes of at least 4 members (excludes halogenated alkanes) is 1. The number of nitrogens with two attached hydrogens (primary N) is 1. The van der Waals surface area contributed by atoms with E-state index < -0.39 is 29.2 Å². The molecule has 2 unspecified atom stereocenters. The number of nitrogens with zero attached hydrogens (tertiary/aromatic N) is 6. The molecule has 30 heteroatoms. The minimum Gasteiger partial charge on any atom is -0.508 e. The molecule has 3 aliphatic heterocycles. The van der Waals surface area contributed by atoms with Gasteiger partial charge in [0.2, 0.25) is 11.5 Å². The summed E-state index contributed by atoms with van der Waals surface area (Å²) >= 11 is 0. The van der Waals surface area contributed by atoms with Crippen molar-refractivity contribution in [1.29, 1.82) is 0 Å². The fraction of sp³-hybridized carbons (Fsp3) is 0.579. The number of aryl methyl sites for hydroxylation is 2. The Hall–Kier alpha value is -8.56. The SMILES string of the molecule is CCc1c2c(nc3ccc(O)cc13)-c1cc3c(c(=O)n1C2)COC(=O)C3(CC)OC(=O)OCc1ccc(NC(=O)C(CCCCN)CC(=O)COCC(=O)CCCOCCOCCOCCOCCOCCOCCOCCOCCn2cc(CCC(=O)C3CCC(CN4C(=O)C=CC4=O)CC3)nn2)cc1. The Morgan fingerprint density at radius 1 is 0.708 bits per heavy atom. The van der Waals surface area contributed by atoms with Gasteiger partial charge in [0.25, 0.3) is 17.4 Å². The Labute approximate surface area is 615 Å². The number of phenols is 1. The first-order valence-corrected chi connectivity index (χ1v) is 36.8. The molecule has 6 heterocycles. The maximum Gasteiger partial charge on any atom is 0.510 e. The molecule has 2 atom stereocenters. The van der Waals surface area contributed by atoms with Gasteiger partial charge < -0.3 is 77.6 Å². The van der Waals surface area contributed by atoms with E-state index in [1.54, 1.807) is 64.7 Å². The third-order valence-electron chi connectivity index (χ3n) is 19.0. The molecule has 0 spiro atoms. The van der Waals surface area contributed by atoms with Crippen LogP contribution in [0.4, 0.5) is 10.5 Å². The van der Waals surface area contributed by atoms with Crippen LogP contribution >= 0.6 is 0 Å². The van der Waals surface area contributed by atoms with E-state index in [9.17, 15) is 48.3 Å². The van der Waals surface area contributed by atoms with Crippen LogP contribution < -0.4 is 16.6 Å². The molecular weight excluding hydrogens is 1380 g/mol. The van der Waals surface area contributed by atoms with Crippen molar-refractivity contribution < 1.29 is 100 Å².